The highest BCUT2D eigenvalue weighted by Gasteiger charge is 2.45. The van der Waals surface area contributed by atoms with Crippen LogP contribution in [0.3, 0.4) is 0 Å². The van der Waals surface area contributed by atoms with Crippen molar-refractivity contribution < 1.29 is 29.1 Å². The van der Waals surface area contributed by atoms with E-state index in [-0.39, 0.29) is 23.6 Å². The zero-order chi connectivity index (χ0) is 25.7. The van der Waals surface area contributed by atoms with Crippen LogP contribution in [-0.4, -0.2) is 53.5 Å². The van der Waals surface area contributed by atoms with Crippen molar-refractivity contribution in [1.29, 1.82) is 0 Å². The van der Waals surface area contributed by atoms with Crippen LogP contribution in [-0.2, 0) is 14.3 Å². The molecule has 1 aliphatic rings. The number of amides is 1. The molecule has 2 aromatic carbocycles. The first-order valence-electron chi connectivity index (χ1n) is 11.4. The summed E-state index contributed by atoms with van der Waals surface area (Å²) >= 11 is 0. The van der Waals surface area contributed by atoms with Crippen molar-refractivity contribution in [2.45, 2.75) is 33.2 Å². The molecule has 0 unspecified atom stereocenters. The number of hydrogen-bond acceptors (Lipinski definition) is 7. The molecule has 9 heteroatoms. The number of carbonyl (C=O) groups excluding carboxylic acids is 2. The van der Waals surface area contributed by atoms with E-state index >= 15 is 0 Å². The molecular weight excluding hydrogens is 452 g/mol. The number of nitro benzene ring substituents is 1. The standard InChI is InChI=1S/C26H30N2O7/c1-16(2)15-35-21-11-8-19(14-17(21)3)24(29)22-23(18-6-9-20(10-7-18)28(32)33)27(12-5-13-34-4)26(31)25(22)30/h6-11,14,16,23,29H,5,12-13,15H2,1-4H3/t23-/m1/s1. The van der Waals surface area contributed by atoms with Gasteiger partial charge in [0, 0.05) is 38.0 Å². The summed E-state index contributed by atoms with van der Waals surface area (Å²) in [4.78, 5) is 38.0. The molecule has 0 aromatic heterocycles. The molecule has 186 valence electrons. The summed E-state index contributed by atoms with van der Waals surface area (Å²) in [5.41, 5.74) is 1.47. The quantitative estimate of drug-likeness (QED) is 0.133. The number of aliphatic hydroxyl groups excluding tert-OH is 1. The minimum absolute atomic E-state index is 0.0588. The molecule has 1 N–H and O–H groups in total. The number of nitro groups is 1. The maximum absolute atomic E-state index is 13.1. The van der Waals surface area contributed by atoms with Gasteiger partial charge in [0.1, 0.15) is 11.5 Å². The van der Waals surface area contributed by atoms with Crippen LogP contribution in [0.5, 0.6) is 5.75 Å². The van der Waals surface area contributed by atoms with Gasteiger partial charge in [0.2, 0.25) is 0 Å². The van der Waals surface area contributed by atoms with Gasteiger partial charge in [-0.05, 0) is 60.7 Å². The third-order valence-corrected chi connectivity index (χ3v) is 5.73. The van der Waals surface area contributed by atoms with Crippen LogP contribution < -0.4 is 4.74 Å². The van der Waals surface area contributed by atoms with Crippen LogP contribution >= 0.6 is 0 Å². The number of Topliss-reactive ketones (excluding diaryl/α,β-unsaturated/α-hetero) is 1. The summed E-state index contributed by atoms with van der Waals surface area (Å²) in [5, 5.41) is 22.3. The number of nitrogens with zero attached hydrogens (tertiary/aromatic N) is 2. The topological polar surface area (TPSA) is 119 Å². The molecule has 1 saturated heterocycles. The number of ketones is 1. The van der Waals surface area contributed by atoms with Crippen molar-refractivity contribution in [3.05, 3.63) is 74.8 Å². The summed E-state index contributed by atoms with van der Waals surface area (Å²) in [7, 11) is 1.54. The van der Waals surface area contributed by atoms with Crippen LogP contribution in [0, 0.1) is 23.0 Å². The second-order valence-electron chi connectivity index (χ2n) is 8.87. The number of benzene rings is 2. The molecule has 35 heavy (non-hydrogen) atoms. The average molecular weight is 483 g/mol. The van der Waals surface area contributed by atoms with Crippen molar-refractivity contribution in [2.75, 3.05) is 26.9 Å². The minimum atomic E-state index is -0.884. The van der Waals surface area contributed by atoms with Crippen molar-refractivity contribution in [2.24, 2.45) is 5.92 Å². The highest BCUT2D eigenvalue weighted by molar-refractivity contribution is 6.46. The van der Waals surface area contributed by atoms with Gasteiger partial charge in [0.15, 0.2) is 0 Å². The summed E-state index contributed by atoms with van der Waals surface area (Å²) in [6, 6.07) is 9.82. The zero-order valence-electron chi connectivity index (χ0n) is 20.3. The number of carbonyl (C=O) groups is 2. The number of methoxy groups -OCH3 is 1. The largest absolute Gasteiger partial charge is 0.507 e. The maximum Gasteiger partial charge on any atom is 0.295 e. The van der Waals surface area contributed by atoms with Gasteiger partial charge in [0.25, 0.3) is 17.4 Å². The number of likely N-dealkylation sites (tertiary alicyclic amines) is 1. The summed E-state index contributed by atoms with van der Waals surface area (Å²) in [5.74, 6) is -0.833. The van der Waals surface area contributed by atoms with E-state index in [4.69, 9.17) is 9.47 Å². The predicted octanol–water partition coefficient (Wildman–Crippen LogP) is 4.40. The molecule has 0 saturated carbocycles. The van der Waals surface area contributed by atoms with Crippen LogP contribution in [0.1, 0.15) is 43.0 Å². The van der Waals surface area contributed by atoms with Gasteiger partial charge >= 0.3 is 0 Å². The first kappa shape index (κ1) is 25.9. The molecule has 0 aliphatic carbocycles. The molecule has 1 atom stereocenters. The van der Waals surface area contributed by atoms with Crippen LogP contribution in [0.4, 0.5) is 5.69 Å². The molecule has 9 nitrogen and oxygen atoms in total. The Labute approximate surface area is 204 Å². The monoisotopic (exact) mass is 482 g/mol. The summed E-state index contributed by atoms with van der Waals surface area (Å²) in [6.07, 6.45) is 0.480. The lowest BCUT2D eigenvalue weighted by molar-refractivity contribution is -0.384. The molecule has 0 bridgehead atoms. The van der Waals surface area contributed by atoms with Crippen LogP contribution in [0.15, 0.2) is 48.0 Å². The molecule has 2 aromatic rings. The zero-order valence-corrected chi connectivity index (χ0v) is 20.3. The summed E-state index contributed by atoms with van der Waals surface area (Å²) in [6.45, 7) is 7.06. The van der Waals surface area contributed by atoms with Gasteiger partial charge in [-0.15, -0.1) is 0 Å². The van der Waals surface area contributed by atoms with Gasteiger partial charge in [0.05, 0.1) is 23.1 Å². The van der Waals surface area contributed by atoms with Crippen LogP contribution in [0.2, 0.25) is 0 Å². The third-order valence-electron chi connectivity index (χ3n) is 5.73. The van der Waals surface area contributed by atoms with Crippen molar-refractivity contribution in [3.8, 4) is 5.75 Å². The van der Waals surface area contributed by atoms with Crippen molar-refractivity contribution in [1.82, 2.24) is 4.90 Å². The SMILES string of the molecule is COCCCN1C(=O)C(=O)C(=C(O)c2ccc(OCC(C)C)c(C)c2)[C@H]1c1ccc([N+](=O)[O-])cc1. The Balaban J connectivity index is 2.06. The van der Waals surface area contributed by atoms with E-state index in [2.05, 4.69) is 0 Å². The van der Waals surface area contributed by atoms with Gasteiger partial charge in [-0.3, -0.25) is 19.7 Å². The first-order chi connectivity index (χ1) is 16.6. The minimum Gasteiger partial charge on any atom is -0.507 e. The second-order valence-corrected chi connectivity index (χ2v) is 8.87. The number of hydrogen-bond donors (Lipinski definition) is 1. The second kappa shape index (κ2) is 11.1. The molecule has 1 amide bonds. The molecule has 0 radical (unpaired) electrons. The van der Waals surface area contributed by atoms with Gasteiger partial charge in [-0.2, -0.15) is 0 Å². The molecule has 3 rings (SSSR count). The fraction of sp³-hybridized carbons (Fsp3) is 0.385. The van der Waals surface area contributed by atoms with E-state index in [0.717, 1.165) is 5.56 Å². The highest BCUT2D eigenvalue weighted by atomic mass is 16.6. The number of ether oxygens (including phenoxy) is 2. The van der Waals surface area contributed by atoms with Gasteiger partial charge in [-0.25, -0.2) is 0 Å². The lowest BCUT2D eigenvalue weighted by Crippen LogP contribution is -2.31. The van der Waals surface area contributed by atoms with E-state index in [1.165, 1.54) is 29.2 Å². The van der Waals surface area contributed by atoms with Crippen molar-refractivity contribution >= 4 is 23.1 Å². The number of rotatable bonds is 10. The van der Waals surface area contributed by atoms with E-state index in [1.54, 1.807) is 25.3 Å². The molecular formula is C26H30N2O7. The average Bonchev–Trinajstić information content (AvgIpc) is 3.08. The first-order valence-corrected chi connectivity index (χ1v) is 11.4. The molecule has 1 aliphatic heterocycles. The van der Waals surface area contributed by atoms with E-state index in [9.17, 15) is 24.8 Å². The summed E-state index contributed by atoms with van der Waals surface area (Å²) < 4.78 is 10.9. The lowest BCUT2D eigenvalue weighted by Gasteiger charge is -2.25. The van der Waals surface area contributed by atoms with E-state index in [1.807, 2.05) is 20.8 Å². The van der Waals surface area contributed by atoms with Crippen LogP contribution in [0.25, 0.3) is 5.76 Å². The lowest BCUT2D eigenvalue weighted by atomic mass is 9.94. The highest BCUT2D eigenvalue weighted by Crippen LogP contribution is 2.40. The van der Waals surface area contributed by atoms with Gasteiger partial charge < -0.3 is 19.5 Å². The molecule has 0 spiro atoms. The maximum atomic E-state index is 13.1. The Kier molecular flexibility index (Phi) is 8.24. The normalized spacial score (nSPS) is 17.3. The number of aryl methyl sites for hydroxylation is 1. The Morgan fingerprint density at radius 2 is 1.86 bits per heavy atom. The fourth-order valence-electron chi connectivity index (χ4n) is 3.99. The predicted molar refractivity (Wildman–Crippen MR) is 130 cm³/mol. The Morgan fingerprint density at radius 1 is 1.17 bits per heavy atom. The Bertz CT molecular complexity index is 1140. The third kappa shape index (κ3) is 5.68. The van der Waals surface area contributed by atoms with E-state index < -0.39 is 22.7 Å². The van der Waals surface area contributed by atoms with E-state index in [0.29, 0.717) is 42.4 Å². The van der Waals surface area contributed by atoms with Crippen molar-refractivity contribution in [3.63, 3.8) is 0 Å². The Hall–Kier alpha value is -3.72. The smallest absolute Gasteiger partial charge is 0.295 e. The molecule has 1 heterocycles. The fourth-order valence-corrected chi connectivity index (χ4v) is 3.99. The Morgan fingerprint density at radius 3 is 2.43 bits per heavy atom. The molecule has 1 fully saturated rings. The number of aliphatic hydroxyl groups is 1. The number of non-ortho nitro benzene ring substituents is 1. The van der Waals surface area contributed by atoms with Gasteiger partial charge in [-0.1, -0.05) is 13.8 Å².